The van der Waals surface area contributed by atoms with Gasteiger partial charge in [-0.3, -0.25) is 9.89 Å². The zero-order valence-corrected chi connectivity index (χ0v) is 11.9. The molecule has 0 bridgehead atoms. The quantitative estimate of drug-likeness (QED) is 0.777. The molecular formula is C14H19N5O. The molecule has 0 aliphatic heterocycles. The van der Waals surface area contributed by atoms with Gasteiger partial charge in [-0.05, 0) is 18.7 Å². The highest BCUT2D eigenvalue weighted by molar-refractivity contribution is 6.01. The number of nitrogens with zero attached hydrogens (tertiary/aromatic N) is 2. The molecule has 0 aliphatic rings. The first-order valence-electron chi connectivity index (χ1n) is 6.58. The maximum absolute atomic E-state index is 12.1. The molecule has 3 N–H and O–H groups in total. The van der Waals surface area contributed by atoms with Gasteiger partial charge in [0.15, 0.2) is 0 Å². The van der Waals surface area contributed by atoms with Crippen molar-refractivity contribution < 1.29 is 4.79 Å². The molecule has 0 saturated heterocycles. The van der Waals surface area contributed by atoms with Crippen molar-refractivity contribution in [3.63, 3.8) is 0 Å². The predicted molar refractivity (Wildman–Crippen MR) is 77.6 cm³/mol. The summed E-state index contributed by atoms with van der Waals surface area (Å²) in [5.41, 5.74) is 1.78. The number of hydrogen-bond acceptors (Lipinski definition) is 4. The van der Waals surface area contributed by atoms with Crippen LogP contribution >= 0.6 is 0 Å². The molecule has 1 aromatic carbocycles. The molecule has 1 amide bonds. The van der Waals surface area contributed by atoms with Crippen LogP contribution < -0.4 is 10.6 Å². The van der Waals surface area contributed by atoms with Gasteiger partial charge in [0.05, 0.1) is 0 Å². The number of anilines is 1. The third kappa shape index (κ3) is 3.21. The molecule has 0 unspecified atom stereocenters. The van der Waals surface area contributed by atoms with Crippen LogP contribution in [-0.4, -0.2) is 28.1 Å². The van der Waals surface area contributed by atoms with Crippen LogP contribution in [0.2, 0.25) is 0 Å². The lowest BCUT2D eigenvalue weighted by Crippen LogP contribution is -2.16. The minimum atomic E-state index is -0.309. The lowest BCUT2D eigenvalue weighted by Gasteiger charge is -2.09. The average Bonchev–Trinajstić information content (AvgIpc) is 2.91. The Kier molecular flexibility index (Phi) is 4.47. The summed E-state index contributed by atoms with van der Waals surface area (Å²) in [5.74, 6) is 0.768. The van der Waals surface area contributed by atoms with Crippen molar-refractivity contribution in [3.8, 4) is 0 Å². The third-order valence-electron chi connectivity index (χ3n) is 2.89. The summed E-state index contributed by atoms with van der Waals surface area (Å²) in [6.07, 6.45) is 0. The number of H-pyrrole nitrogens is 1. The highest BCUT2D eigenvalue weighted by Crippen LogP contribution is 2.15. The van der Waals surface area contributed by atoms with Gasteiger partial charge >= 0.3 is 0 Å². The summed E-state index contributed by atoms with van der Waals surface area (Å²) in [6.45, 7) is 4.66. The van der Waals surface area contributed by atoms with Gasteiger partial charge in [-0.25, -0.2) is 4.98 Å². The number of aromatic nitrogens is 3. The largest absolute Gasteiger partial charge is 0.319 e. The molecule has 1 aromatic heterocycles. The van der Waals surface area contributed by atoms with Crippen molar-refractivity contribution >= 4 is 11.6 Å². The maximum atomic E-state index is 12.1. The van der Waals surface area contributed by atoms with E-state index in [1.54, 1.807) is 0 Å². The Morgan fingerprint density at radius 1 is 1.35 bits per heavy atom. The number of carbonyl (C=O) groups excluding carboxylic acids is 1. The smallest absolute Gasteiger partial charge is 0.295 e. The van der Waals surface area contributed by atoms with E-state index in [1.165, 1.54) is 0 Å². The summed E-state index contributed by atoms with van der Waals surface area (Å²) in [5, 5.41) is 12.6. The van der Waals surface area contributed by atoms with Crippen molar-refractivity contribution in [2.75, 3.05) is 12.4 Å². The topological polar surface area (TPSA) is 82.7 Å². The fraction of sp³-hybridized carbons (Fsp3) is 0.357. The molecule has 6 heteroatoms. The lowest BCUT2D eigenvalue weighted by atomic mass is 10.1. The van der Waals surface area contributed by atoms with Crippen LogP contribution in [0, 0.1) is 0 Å². The summed E-state index contributed by atoms with van der Waals surface area (Å²) >= 11 is 0. The zero-order chi connectivity index (χ0) is 14.5. The van der Waals surface area contributed by atoms with Crippen molar-refractivity contribution in [3.05, 3.63) is 41.5 Å². The highest BCUT2D eigenvalue weighted by Gasteiger charge is 2.15. The number of amides is 1. The minimum Gasteiger partial charge on any atom is -0.319 e. The Balaban J connectivity index is 2.14. The first-order chi connectivity index (χ1) is 9.61. The van der Waals surface area contributed by atoms with E-state index in [-0.39, 0.29) is 17.6 Å². The van der Waals surface area contributed by atoms with Crippen LogP contribution in [0.5, 0.6) is 0 Å². The molecule has 20 heavy (non-hydrogen) atoms. The van der Waals surface area contributed by atoms with Crippen LogP contribution in [0.4, 0.5) is 5.69 Å². The molecule has 2 aromatic rings. The molecule has 0 atom stereocenters. The summed E-state index contributed by atoms with van der Waals surface area (Å²) < 4.78 is 0. The van der Waals surface area contributed by atoms with Crippen molar-refractivity contribution in [1.82, 2.24) is 20.5 Å². The van der Waals surface area contributed by atoms with Gasteiger partial charge in [-0.15, -0.1) is 5.10 Å². The first kappa shape index (κ1) is 14.2. The minimum absolute atomic E-state index is 0.160. The second-order valence-electron chi connectivity index (χ2n) is 4.84. The van der Waals surface area contributed by atoms with E-state index in [2.05, 4.69) is 25.8 Å². The van der Waals surface area contributed by atoms with Gasteiger partial charge in [-0.1, -0.05) is 32.0 Å². The lowest BCUT2D eigenvalue weighted by molar-refractivity contribution is 0.101. The fourth-order valence-electron chi connectivity index (χ4n) is 1.80. The van der Waals surface area contributed by atoms with E-state index in [0.29, 0.717) is 12.4 Å². The van der Waals surface area contributed by atoms with Gasteiger partial charge in [0.1, 0.15) is 5.82 Å². The maximum Gasteiger partial charge on any atom is 0.295 e. The Hall–Kier alpha value is -2.21. The first-order valence-corrected chi connectivity index (χ1v) is 6.58. The molecule has 0 spiro atoms. The van der Waals surface area contributed by atoms with E-state index in [4.69, 9.17) is 0 Å². The van der Waals surface area contributed by atoms with E-state index in [1.807, 2.05) is 45.2 Å². The molecular weight excluding hydrogens is 254 g/mol. The highest BCUT2D eigenvalue weighted by atomic mass is 16.2. The van der Waals surface area contributed by atoms with Crippen LogP contribution in [0.3, 0.4) is 0 Å². The summed E-state index contributed by atoms with van der Waals surface area (Å²) in [6, 6.07) is 7.64. The molecule has 6 nitrogen and oxygen atoms in total. The zero-order valence-electron chi connectivity index (χ0n) is 11.9. The standard InChI is InChI=1S/C14H19N5O/c1-9(2)12-17-13(19-18-12)14(20)16-11-7-5-4-6-10(11)8-15-3/h4-7,9,15H,8H2,1-3H3,(H,16,20)(H,17,18,19). The van der Waals surface area contributed by atoms with Gasteiger partial charge in [0.25, 0.3) is 5.91 Å². The number of aromatic amines is 1. The predicted octanol–water partition coefficient (Wildman–Crippen LogP) is 1.90. The Morgan fingerprint density at radius 3 is 2.75 bits per heavy atom. The third-order valence-corrected chi connectivity index (χ3v) is 2.89. The van der Waals surface area contributed by atoms with Crippen LogP contribution in [0.15, 0.2) is 24.3 Å². The van der Waals surface area contributed by atoms with Gasteiger partial charge in [-0.2, -0.15) is 0 Å². The van der Waals surface area contributed by atoms with Gasteiger partial charge < -0.3 is 10.6 Å². The normalized spacial score (nSPS) is 10.8. The number of hydrogen-bond donors (Lipinski definition) is 3. The van der Waals surface area contributed by atoms with Gasteiger partial charge in [0.2, 0.25) is 5.82 Å². The Bertz CT molecular complexity index is 591. The molecule has 0 aliphatic carbocycles. The Morgan fingerprint density at radius 2 is 2.10 bits per heavy atom. The SMILES string of the molecule is CNCc1ccccc1NC(=O)c1n[nH]c(C(C)C)n1. The molecule has 0 saturated carbocycles. The molecule has 1 heterocycles. The second kappa shape index (κ2) is 6.29. The van der Waals surface area contributed by atoms with Crippen molar-refractivity contribution in [2.45, 2.75) is 26.3 Å². The van der Waals surface area contributed by atoms with E-state index in [0.717, 1.165) is 11.3 Å². The van der Waals surface area contributed by atoms with Crippen molar-refractivity contribution in [2.24, 2.45) is 0 Å². The van der Waals surface area contributed by atoms with Gasteiger partial charge in [0, 0.05) is 18.2 Å². The molecule has 0 fully saturated rings. The number of rotatable bonds is 5. The Labute approximate surface area is 118 Å². The van der Waals surface area contributed by atoms with E-state index in [9.17, 15) is 4.79 Å². The van der Waals surface area contributed by atoms with E-state index >= 15 is 0 Å². The monoisotopic (exact) mass is 273 g/mol. The summed E-state index contributed by atoms with van der Waals surface area (Å²) in [4.78, 5) is 16.3. The average molecular weight is 273 g/mol. The fourth-order valence-corrected chi connectivity index (χ4v) is 1.80. The molecule has 0 radical (unpaired) electrons. The van der Waals surface area contributed by atoms with Crippen LogP contribution in [0.25, 0.3) is 0 Å². The molecule has 2 rings (SSSR count). The number of para-hydroxylation sites is 1. The number of benzene rings is 1. The molecule has 106 valence electrons. The van der Waals surface area contributed by atoms with Crippen molar-refractivity contribution in [1.29, 1.82) is 0 Å². The second-order valence-corrected chi connectivity index (χ2v) is 4.84. The van der Waals surface area contributed by atoms with E-state index < -0.39 is 0 Å². The number of carbonyl (C=O) groups is 1. The number of nitrogens with one attached hydrogen (secondary N) is 3. The van der Waals surface area contributed by atoms with Crippen LogP contribution in [-0.2, 0) is 6.54 Å². The summed E-state index contributed by atoms with van der Waals surface area (Å²) in [7, 11) is 1.86. The van der Waals surface area contributed by atoms with Crippen LogP contribution in [0.1, 0.15) is 41.8 Å².